The van der Waals surface area contributed by atoms with Crippen LogP contribution in [-0.4, -0.2) is 43.3 Å². The summed E-state index contributed by atoms with van der Waals surface area (Å²) in [5, 5.41) is 2.37. The fraction of sp³-hybridized carbons (Fsp3) is 0.355. The molecule has 204 valence electrons. The molecule has 0 radical (unpaired) electrons. The monoisotopic (exact) mass is 544 g/mol. The quantitative estimate of drug-likeness (QED) is 0.337. The van der Waals surface area contributed by atoms with E-state index in [0.29, 0.717) is 22.6 Å². The summed E-state index contributed by atoms with van der Waals surface area (Å²) in [5.74, 6) is -0.864. The molecule has 0 saturated carbocycles. The molecule has 0 spiro atoms. The molecule has 0 aliphatic carbocycles. The zero-order valence-corrected chi connectivity index (χ0v) is 23.4. The van der Waals surface area contributed by atoms with Crippen molar-refractivity contribution in [1.29, 1.82) is 0 Å². The second-order valence-corrected chi connectivity index (χ2v) is 12.9. The van der Waals surface area contributed by atoms with Gasteiger partial charge in [0, 0.05) is 17.9 Å². The van der Waals surface area contributed by atoms with Gasteiger partial charge in [0.2, 0.25) is 15.9 Å². The molecule has 3 aromatic rings. The van der Waals surface area contributed by atoms with E-state index in [0.717, 1.165) is 30.9 Å². The smallest absolute Gasteiger partial charge is 0.238 e. The summed E-state index contributed by atoms with van der Waals surface area (Å²) < 4.78 is 27.6. The van der Waals surface area contributed by atoms with E-state index in [1.165, 1.54) is 31.2 Å². The van der Waals surface area contributed by atoms with Crippen molar-refractivity contribution in [3.63, 3.8) is 0 Å². The number of carbonyl (C=O) groups is 1. The lowest BCUT2D eigenvalue weighted by molar-refractivity contribution is -0.115. The first-order valence-corrected chi connectivity index (χ1v) is 15.3. The minimum absolute atomic E-state index is 0.186. The summed E-state index contributed by atoms with van der Waals surface area (Å²) in [6.45, 7) is 6.47. The number of hydrogen-bond acceptors (Lipinski definition) is 5. The topological polar surface area (TPSA) is 90.9 Å². The first-order valence-electron chi connectivity index (χ1n) is 13.7. The number of hydrogen-bond donors (Lipinski definition) is 2. The summed E-state index contributed by atoms with van der Waals surface area (Å²) in [5.41, 5.74) is 5.27. The van der Waals surface area contributed by atoms with Crippen LogP contribution in [0, 0.1) is 0 Å². The summed E-state index contributed by atoms with van der Waals surface area (Å²) in [6, 6.07) is 23.1. The maximum absolute atomic E-state index is 13.3. The third-order valence-electron chi connectivity index (χ3n) is 7.40. The van der Waals surface area contributed by atoms with Gasteiger partial charge in [0.25, 0.3) is 0 Å². The number of rotatable bonds is 8. The van der Waals surface area contributed by atoms with Crippen molar-refractivity contribution < 1.29 is 13.2 Å². The molecule has 2 aliphatic rings. The molecule has 1 saturated heterocycles. The van der Waals surface area contributed by atoms with E-state index >= 15 is 0 Å². The van der Waals surface area contributed by atoms with Crippen LogP contribution in [0.2, 0.25) is 0 Å². The summed E-state index contributed by atoms with van der Waals surface area (Å²) >= 11 is 0. The number of amides is 1. The lowest BCUT2D eigenvalue weighted by atomic mass is 9.90. The first-order chi connectivity index (χ1) is 18.8. The van der Waals surface area contributed by atoms with E-state index in [1.807, 2.05) is 42.5 Å². The Morgan fingerprint density at radius 2 is 1.67 bits per heavy atom. The van der Waals surface area contributed by atoms with E-state index < -0.39 is 21.2 Å². The van der Waals surface area contributed by atoms with Gasteiger partial charge in [-0.3, -0.25) is 19.4 Å². The summed E-state index contributed by atoms with van der Waals surface area (Å²) in [6.07, 6.45) is 5.15. The highest BCUT2D eigenvalue weighted by Crippen LogP contribution is 2.38. The zero-order chi connectivity index (χ0) is 27.4. The lowest BCUT2D eigenvalue weighted by Gasteiger charge is -2.19. The largest absolute Gasteiger partial charge is 0.325 e. The molecular weight excluding hydrogens is 508 g/mol. The van der Waals surface area contributed by atoms with Crippen LogP contribution in [0.25, 0.3) is 0 Å². The van der Waals surface area contributed by atoms with E-state index in [1.54, 1.807) is 32.0 Å². The number of likely N-dealkylation sites (tertiary alicyclic amines) is 1. The number of sulfonamides is 1. The number of nitrogens with zero attached hydrogens (tertiary/aromatic N) is 2. The van der Waals surface area contributed by atoms with Crippen LogP contribution in [0.3, 0.4) is 0 Å². The van der Waals surface area contributed by atoms with Crippen LogP contribution in [0.4, 0.5) is 17.1 Å². The fourth-order valence-corrected chi connectivity index (χ4v) is 5.84. The van der Waals surface area contributed by atoms with Crippen molar-refractivity contribution in [3.05, 3.63) is 89.5 Å². The van der Waals surface area contributed by atoms with Gasteiger partial charge in [0.05, 0.1) is 16.6 Å². The third kappa shape index (κ3) is 6.40. The average Bonchev–Trinajstić information content (AvgIpc) is 3.06. The molecule has 2 aliphatic heterocycles. The van der Waals surface area contributed by atoms with Gasteiger partial charge in [0.15, 0.2) is 0 Å². The molecule has 0 aromatic heterocycles. The number of aliphatic imine (C=N–C) groups is 1. The van der Waals surface area contributed by atoms with Crippen molar-refractivity contribution in [2.45, 2.75) is 57.2 Å². The Labute approximate surface area is 231 Å². The second kappa shape index (κ2) is 11.7. The van der Waals surface area contributed by atoms with Crippen molar-refractivity contribution in [2.24, 2.45) is 4.99 Å². The number of nitrogens with one attached hydrogen (secondary N) is 2. The van der Waals surface area contributed by atoms with E-state index in [-0.39, 0.29) is 5.91 Å². The molecular formula is C31H36N4O3S. The molecule has 2 heterocycles. The fourth-order valence-electron chi connectivity index (χ4n) is 5.15. The lowest BCUT2D eigenvalue weighted by Crippen LogP contribution is -2.23. The van der Waals surface area contributed by atoms with Crippen molar-refractivity contribution in [3.8, 4) is 0 Å². The zero-order valence-electron chi connectivity index (χ0n) is 22.6. The maximum atomic E-state index is 13.3. The average molecular weight is 545 g/mol. The van der Waals surface area contributed by atoms with Gasteiger partial charge in [-0.2, -0.15) is 0 Å². The van der Waals surface area contributed by atoms with Crippen molar-refractivity contribution >= 4 is 38.7 Å². The normalized spacial score (nSPS) is 18.5. The van der Waals surface area contributed by atoms with Crippen LogP contribution in [0.15, 0.2) is 77.8 Å². The van der Waals surface area contributed by atoms with Crippen LogP contribution >= 0.6 is 0 Å². The number of anilines is 2. The Balaban J connectivity index is 1.47. The standard InChI is InChI=1S/C31H36N4O3S/c1-22(2)39(37,38)34-26-16-17-28-27(20-26)29(31(36)33-28)30(24-10-6-5-7-11-24)32-25-14-12-23(13-15-25)21-35-18-8-3-4-9-19-35/h5-7,10-17,20,22,29,34H,3-4,8-9,18-19,21H2,1-2H3,(H,33,36). The van der Waals surface area contributed by atoms with Gasteiger partial charge in [0.1, 0.15) is 5.92 Å². The molecule has 1 atom stereocenters. The predicted molar refractivity (Wildman–Crippen MR) is 158 cm³/mol. The predicted octanol–water partition coefficient (Wildman–Crippen LogP) is 6.07. The highest BCUT2D eigenvalue weighted by Gasteiger charge is 2.36. The molecule has 1 amide bonds. The first kappa shape index (κ1) is 27.1. The highest BCUT2D eigenvalue weighted by molar-refractivity contribution is 7.93. The van der Waals surface area contributed by atoms with Gasteiger partial charge < -0.3 is 5.32 Å². The Morgan fingerprint density at radius 3 is 2.33 bits per heavy atom. The molecule has 1 unspecified atom stereocenters. The number of fused-ring (bicyclic) bond motifs is 1. The molecule has 39 heavy (non-hydrogen) atoms. The Hall–Kier alpha value is -3.49. The summed E-state index contributed by atoms with van der Waals surface area (Å²) in [4.78, 5) is 20.8. The second-order valence-electron chi connectivity index (χ2n) is 10.6. The van der Waals surface area contributed by atoms with Gasteiger partial charge in [-0.1, -0.05) is 55.3 Å². The molecule has 7 nitrogen and oxygen atoms in total. The van der Waals surface area contributed by atoms with Gasteiger partial charge >= 0.3 is 0 Å². The van der Waals surface area contributed by atoms with Gasteiger partial charge in [-0.25, -0.2) is 8.42 Å². The molecule has 8 heteroatoms. The highest BCUT2D eigenvalue weighted by atomic mass is 32.2. The van der Waals surface area contributed by atoms with Gasteiger partial charge in [-0.05, 0) is 86.8 Å². The minimum atomic E-state index is -3.53. The molecule has 0 bridgehead atoms. The van der Waals surface area contributed by atoms with Crippen molar-refractivity contribution in [1.82, 2.24) is 4.90 Å². The van der Waals surface area contributed by atoms with E-state index in [9.17, 15) is 13.2 Å². The molecule has 3 aromatic carbocycles. The Morgan fingerprint density at radius 1 is 0.974 bits per heavy atom. The van der Waals surface area contributed by atoms with Crippen LogP contribution in [0.1, 0.15) is 62.1 Å². The Bertz CT molecular complexity index is 1440. The van der Waals surface area contributed by atoms with Crippen LogP contribution in [0.5, 0.6) is 0 Å². The molecule has 2 N–H and O–H groups in total. The van der Waals surface area contributed by atoms with E-state index in [2.05, 4.69) is 27.1 Å². The summed E-state index contributed by atoms with van der Waals surface area (Å²) in [7, 11) is -3.53. The number of benzene rings is 3. The van der Waals surface area contributed by atoms with E-state index in [4.69, 9.17) is 4.99 Å². The van der Waals surface area contributed by atoms with Crippen LogP contribution < -0.4 is 10.0 Å². The van der Waals surface area contributed by atoms with Crippen molar-refractivity contribution in [2.75, 3.05) is 23.1 Å². The Kier molecular flexibility index (Phi) is 8.14. The molecule has 5 rings (SSSR count). The third-order valence-corrected chi connectivity index (χ3v) is 9.16. The van der Waals surface area contributed by atoms with Gasteiger partial charge in [-0.15, -0.1) is 0 Å². The molecule has 1 fully saturated rings. The minimum Gasteiger partial charge on any atom is -0.325 e. The van der Waals surface area contributed by atoms with Crippen LogP contribution in [-0.2, 0) is 21.4 Å². The number of carbonyl (C=O) groups excluding carboxylic acids is 1. The maximum Gasteiger partial charge on any atom is 0.238 e. The SMILES string of the molecule is CC(C)S(=O)(=O)Nc1ccc2c(c1)C(C(=Nc1ccc(CN3CCCCCC3)cc1)c1ccccc1)C(=O)N2.